The van der Waals surface area contributed by atoms with Crippen LogP contribution in [-0.4, -0.2) is 57.9 Å². The molecule has 118 valence electrons. The Morgan fingerprint density at radius 1 is 1.41 bits per heavy atom. The van der Waals surface area contributed by atoms with Crippen molar-refractivity contribution in [3.63, 3.8) is 0 Å². The van der Waals surface area contributed by atoms with Gasteiger partial charge in [0.05, 0.1) is 12.1 Å². The summed E-state index contributed by atoms with van der Waals surface area (Å²) in [7, 11) is 0. The van der Waals surface area contributed by atoms with Crippen LogP contribution in [0.25, 0.3) is 0 Å². The van der Waals surface area contributed by atoms with Crippen LogP contribution in [0.2, 0.25) is 0 Å². The van der Waals surface area contributed by atoms with Gasteiger partial charge in [-0.2, -0.15) is 0 Å². The van der Waals surface area contributed by atoms with Gasteiger partial charge in [0, 0.05) is 13.1 Å². The molecule has 6 nitrogen and oxygen atoms in total. The molecular weight excluding hydrogens is 280 g/mol. The number of hydrogen-bond acceptors (Lipinski definition) is 4. The number of nitrogens with two attached hydrogens (primary N) is 1. The summed E-state index contributed by atoms with van der Waals surface area (Å²) >= 11 is 0. The molecule has 2 aliphatic rings. The van der Waals surface area contributed by atoms with Crippen molar-refractivity contribution in [1.82, 2.24) is 9.80 Å². The Morgan fingerprint density at radius 2 is 2.14 bits per heavy atom. The van der Waals surface area contributed by atoms with Crippen LogP contribution in [0.15, 0.2) is 30.3 Å². The van der Waals surface area contributed by atoms with Gasteiger partial charge in [0.15, 0.2) is 0 Å². The quantitative estimate of drug-likeness (QED) is 0.722. The van der Waals surface area contributed by atoms with Crippen LogP contribution in [0.3, 0.4) is 0 Å². The monoisotopic (exact) mass is 302 g/mol. The second kappa shape index (κ2) is 5.70. The van der Waals surface area contributed by atoms with Crippen molar-refractivity contribution >= 4 is 11.7 Å². The largest absolute Gasteiger partial charge is 0.394 e. The van der Waals surface area contributed by atoms with Crippen molar-refractivity contribution in [2.75, 3.05) is 19.7 Å². The number of amidine groups is 1. The number of amides is 1. The Bertz CT molecular complexity index is 577. The molecular formula is C16H22N4O2. The molecule has 0 bridgehead atoms. The Balaban J connectivity index is 1.74. The van der Waals surface area contributed by atoms with E-state index in [-0.39, 0.29) is 12.1 Å². The smallest absolute Gasteiger partial charge is 0.242 e. The van der Waals surface area contributed by atoms with E-state index in [1.807, 2.05) is 18.2 Å². The first kappa shape index (κ1) is 15.0. The molecule has 3 rings (SSSR count). The number of primary amides is 1. The minimum atomic E-state index is -0.780. The van der Waals surface area contributed by atoms with Gasteiger partial charge in [-0.05, 0) is 24.9 Å². The molecule has 2 saturated heterocycles. The second-order valence-electron chi connectivity index (χ2n) is 6.12. The number of carbonyl (C=O) groups is 1. The molecule has 0 radical (unpaired) electrons. The highest BCUT2D eigenvalue weighted by Gasteiger charge is 2.57. The van der Waals surface area contributed by atoms with Gasteiger partial charge in [0.2, 0.25) is 5.91 Å². The Labute approximate surface area is 130 Å². The highest BCUT2D eigenvalue weighted by atomic mass is 16.3. The SMILES string of the molecule is N=C1N([C@@H](CO)C(N)=O)CC12CCCN2Cc1ccccc1. The summed E-state index contributed by atoms with van der Waals surface area (Å²) in [6.07, 6.45) is 1.97. The van der Waals surface area contributed by atoms with Gasteiger partial charge in [-0.1, -0.05) is 30.3 Å². The number of likely N-dealkylation sites (tertiary alicyclic amines) is 2. The van der Waals surface area contributed by atoms with Crippen LogP contribution in [0.1, 0.15) is 18.4 Å². The van der Waals surface area contributed by atoms with Crippen molar-refractivity contribution in [3.05, 3.63) is 35.9 Å². The van der Waals surface area contributed by atoms with E-state index in [4.69, 9.17) is 11.1 Å². The lowest BCUT2D eigenvalue weighted by Gasteiger charge is -2.55. The Morgan fingerprint density at radius 3 is 2.73 bits per heavy atom. The summed E-state index contributed by atoms with van der Waals surface area (Å²) in [4.78, 5) is 15.3. The van der Waals surface area contributed by atoms with Crippen molar-refractivity contribution in [1.29, 1.82) is 5.41 Å². The van der Waals surface area contributed by atoms with Gasteiger partial charge in [0.1, 0.15) is 11.9 Å². The number of nitrogens with zero attached hydrogens (tertiary/aromatic N) is 2. The van der Waals surface area contributed by atoms with Gasteiger partial charge in [-0.15, -0.1) is 0 Å². The lowest BCUT2D eigenvalue weighted by Crippen LogP contribution is -2.75. The van der Waals surface area contributed by atoms with Crippen LogP contribution >= 0.6 is 0 Å². The zero-order chi connectivity index (χ0) is 15.7. The van der Waals surface area contributed by atoms with Crippen molar-refractivity contribution in [2.45, 2.75) is 31.0 Å². The number of benzene rings is 1. The molecule has 1 aromatic rings. The van der Waals surface area contributed by atoms with Crippen molar-refractivity contribution < 1.29 is 9.90 Å². The van der Waals surface area contributed by atoms with Crippen molar-refractivity contribution in [3.8, 4) is 0 Å². The van der Waals surface area contributed by atoms with E-state index in [1.54, 1.807) is 4.90 Å². The fraction of sp³-hybridized carbons (Fsp3) is 0.500. The minimum Gasteiger partial charge on any atom is -0.394 e. The summed E-state index contributed by atoms with van der Waals surface area (Å²) in [6.45, 7) is 2.00. The normalized spacial score (nSPS) is 26.2. The summed E-state index contributed by atoms with van der Waals surface area (Å²) < 4.78 is 0. The van der Waals surface area contributed by atoms with Gasteiger partial charge < -0.3 is 15.7 Å². The van der Waals surface area contributed by atoms with E-state index in [0.29, 0.717) is 12.4 Å². The molecule has 0 saturated carbocycles. The number of hydrogen-bond donors (Lipinski definition) is 3. The molecule has 0 aliphatic carbocycles. The molecule has 2 atom stereocenters. The maximum Gasteiger partial charge on any atom is 0.242 e. The third-order valence-electron chi connectivity index (χ3n) is 4.88. The molecule has 1 amide bonds. The van der Waals surface area contributed by atoms with Gasteiger partial charge >= 0.3 is 0 Å². The number of rotatable bonds is 5. The number of carbonyl (C=O) groups excluding carboxylic acids is 1. The molecule has 2 fully saturated rings. The maximum absolute atomic E-state index is 11.4. The van der Waals surface area contributed by atoms with E-state index >= 15 is 0 Å². The van der Waals surface area contributed by atoms with Crippen LogP contribution in [-0.2, 0) is 11.3 Å². The predicted octanol–water partition coefficient (Wildman–Crippen LogP) is 0.160. The molecule has 22 heavy (non-hydrogen) atoms. The van der Waals surface area contributed by atoms with Crippen LogP contribution in [0, 0.1) is 5.41 Å². The topological polar surface area (TPSA) is 93.6 Å². The van der Waals surface area contributed by atoms with Gasteiger partial charge in [-0.25, -0.2) is 0 Å². The summed E-state index contributed by atoms with van der Waals surface area (Å²) in [5, 5.41) is 17.8. The standard InChI is InChI=1S/C16H22N4O2/c17-14(22)13(10-21)20-11-16(15(20)18)7-4-8-19(16)9-12-5-2-1-3-6-12/h1-3,5-6,13,18,21H,4,7-11H2,(H2,17,22)/t13-,16?/m0/s1. The predicted molar refractivity (Wildman–Crippen MR) is 83.3 cm³/mol. The first-order chi connectivity index (χ1) is 10.6. The van der Waals surface area contributed by atoms with Crippen molar-refractivity contribution in [2.24, 2.45) is 5.73 Å². The van der Waals surface area contributed by atoms with Crippen LogP contribution < -0.4 is 5.73 Å². The fourth-order valence-corrected chi connectivity index (χ4v) is 3.64. The molecule has 1 aromatic carbocycles. The van der Waals surface area contributed by atoms with E-state index in [9.17, 15) is 9.90 Å². The zero-order valence-corrected chi connectivity index (χ0v) is 12.5. The molecule has 1 unspecified atom stereocenters. The highest BCUT2D eigenvalue weighted by molar-refractivity contribution is 5.99. The lowest BCUT2D eigenvalue weighted by molar-refractivity contribution is -0.124. The number of aliphatic hydroxyl groups excluding tert-OH is 1. The number of nitrogens with one attached hydrogen (secondary N) is 1. The molecule has 2 aliphatic heterocycles. The van der Waals surface area contributed by atoms with Gasteiger partial charge in [0.25, 0.3) is 0 Å². The minimum absolute atomic E-state index is 0.293. The molecule has 4 N–H and O–H groups in total. The average molecular weight is 302 g/mol. The second-order valence-corrected chi connectivity index (χ2v) is 6.12. The number of aliphatic hydroxyl groups is 1. The fourth-order valence-electron chi connectivity index (χ4n) is 3.64. The zero-order valence-electron chi connectivity index (χ0n) is 12.5. The maximum atomic E-state index is 11.4. The van der Waals surface area contributed by atoms with E-state index < -0.39 is 11.9 Å². The van der Waals surface area contributed by atoms with Crippen LogP contribution in [0.4, 0.5) is 0 Å². The van der Waals surface area contributed by atoms with E-state index in [2.05, 4.69) is 17.0 Å². The summed E-state index contributed by atoms with van der Waals surface area (Å²) in [5.74, 6) is -0.159. The van der Waals surface area contributed by atoms with E-state index in [1.165, 1.54) is 5.56 Å². The molecule has 2 heterocycles. The molecule has 0 aromatic heterocycles. The first-order valence-electron chi connectivity index (χ1n) is 7.63. The third kappa shape index (κ3) is 2.28. The van der Waals surface area contributed by atoms with Gasteiger partial charge in [-0.3, -0.25) is 15.1 Å². The summed E-state index contributed by atoms with van der Waals surface area (Å²) in [5.41, 5.74) is 6.25. The van der Waals surface area contributed by atoms with E-state index in [0.717, 1.165) is 25.9 Å². The Hall–Kier alpha value is -1.92. The average Bonchev–Trinajstić information content (AvgIpc) is 2.93. The highest BCUT2D eigenvalue weighted by Crippen LogP contribution is 2.40. The molecule has 1 spiro atoms. The Kier molecular flexibility index (Phi) is 3.88. The van der Waals surface area contributed by atoms with Crippen LogP contribution in [0.5, 0.6) is 0 Å². The molecule has 6 heteroatoms. The lowest BCUT2D eigenvalue weighted by atomic mass is 9.83. The third-order valence-corrected chi connectivity index (χ3v) is 4.88. The first-order valence-corrected chi connectivity index (χ1v) is 7.63. The summed E-state index contributed by atoms with van der Waals surface area (Å²) in [6, 6.07) is 9.43.